The molecule has 3 rings (SSSR count). The number of nitrogens with zero attached hydrogens (tertiary/aromatic N) is 2. The first-order valence-electron chi connectivity index (χ1n) is 8.44. The van der Waals surface area contributed by atoms with Gasteiger partial charge in [-0.15, -0.1) is 0 Å². The maximum atomic E-state index is 12.6. The minimum atomic E-state index is -0.464. The molecule has 1 fully saturated rings. The van der Waals surface area contributed by atoms with E-state index < -0.39 is 4.92 Å². The lowest BCUT2D eigenvalue weighted by Gasteiger charge is -2.34. The van der Waals surface area contributed by atoms with Crippen LogP contribution in [-0.4, -0.2) is 48.6 Å². The van der Waals surface area contributed by atoms with Crippen LogP contribution in [0.1, 0.15) is 27.5 Å². The van der Waals surface area contributed by atoms with Crippen LogP contribution in [0.25, 0.3) is 0 Å². The van der Waals surface area contributed by atoms with Crippen molar-refractivity contribution in [2.45, 2.75) is 13.0 Å². The van der Waals surface area contributed by atoms with Gasteiger partial charge >= 0.3 is 0 Å². The summed E-state index contributed by atoms with van der Waals surface area (Å²) in [6.07, 6.45) is 0. The Labute approximate surface area is 155 Å². The summed E-state index contributed by atoms with van der Waals surface area (Å²) >= 11 is 1.62. The van der Waals surface area contributed by atoms with Gasteiger partial charge in [0, 0.05) is 36.8 Å². The minimum absolute atomic E-state index is 0.0415. The van der Waals surface area contributed by atoms with Gasteiger partial charge in [-0.2, -0.15) is 11.3 Å². The van der Waals surface area contributed by atoms with Gasteiger partial charge in [-0.25, -0.2) is 0 Å². The van der Waals surface area contributed by atoms with E-state index in [2.05, 4.69) is 21.7 Å². The molecule has 1 aliphatic rings. The van der Waals surface area contributed by atoms with Crippen LogP contribution in [0.5, 0.6) is 0 Å². The summed E-state index contributed by atoms with van der Waals surface area (Å²) in [6.45, 7) is 5.03. The largest absolute Gasteiger partial charge is 0.379 e. The molecular formula is C18H21N3O4S. The molecule has 138 valence electrons. The number of hydrogen-bond acceptors (Lipinski definition) is 6. The average molecular weight is 375 g/mol. The number of thiophene rings is 1. The van der Waals surface area contributed by atoms with Crippen molar-refractivity contribution in [1.29, 1.82) is 0 Å². The van der Waals surface area contributed by atoms with Gasteiger partial charge in [-0.3, -0.25) is 19.8 Å². The van der Waals surface area contributed by atoms with Crippen molar-refractivity contribution in [3.63, 3.8) is 0 Å². The normalized spacial score (nSPS) is 16.2. The molecule has 1 atom stereocenters. The number of hydrogen-bond donors (Lipinski definition) is 1. The van der Waals surface area contributed by atoms with Crippen LogP contribution in [0.3, 0.4) is 0 Å². The molecule has 1 amide bonds. The van der Waals surface area contributed by atoms with Crippen molar-refractivity contribution in [3.8, 4) is 0 Å². The monoisotopic (exact) mass is 375 g/mol. The predicted molar refractivity (Wildman–Crippen MR) is 99.6 cm³/mol. The van der Waals surface area contributed by atoms with Gasteiger partial charge in [0.25, 0.3) is 11.6 Å². The lowest BCUT2D eigenvalue weighted by molar-refractivity contribution is -0.385. The summed E-state index contributed by atoms with van der Waals surface area (Å²) < 4.78 is 5.42. The second kappa shape index (κ2) is 8.39. The van der Waals surface area contributed by atoms with E-state index >= 15 is 0 Å². The van der Waals surface area contributed by atoms with Crippen LogP contribution in [0.4, 0.5) is 5.69 Å². The third kappa shape index (κ3) is 4.09. The maximum absolute atomic E-state index is 12.6. The van der Waals surface area contributed by atoms with Crippen LogP contribution >= 0.6 is 11.3 Å². The van der Waals surface area contributed by atoms with E-state index in [4.69, 9.17) is 4.74 Å². The fourth-order valence-corrected chi connectivity index (χ4v) is 3.87. The summed E-state index contributed by atoms with van der Waals surface area (Å²) in [5.41, 5.74) is 1.84. The van der Waals surface area contributed by atoms with Gasteiger partial charge in [-0.05, 0) is 35.4 Å². The number of ether oxygens (including phenoxy) is 1. The predicted octanol–water partition coefficient (Wildman–Crippen LogP) is 2.77. The van der Waals surface area contributed by atoms with E-state index in [1.807, 2.05) is 5.38 Å². The molecule has 2 heterocycles. The molecular weight excluding hydrogens is 354 g/mol. The molecule has 0 bridgehead atoms. The Bertz CT molecular complexity index is 773. The topological polar surface area (TPSA) is 84.7 Å². The molecule has 0 aliphatic carbocycles. The van der Waals surface area contributed by atoms with Gasteiger partial charge < -0.3 is 10.1 Å². The van der Waals surface area contributed by atoms with Crippen molar-refractivity contribution in [1.82, 2.24) is 10.2 Å². The Morgan fingerprint density at radius 1 is 1.38 bits per heavy atom. The van der Waals surface area contributed by atoms with Gasteiger partial charge in [0.05, 0.1) is 24.2 Å². The Morgan fingerprint density at radius 3 is 2.81 bits per heavy atom. The highest BCUT2D eigenvalue weighted by molar-refractivity contribution is 7.07. The first-order valence-corrected chi connectivity index (χ1v) is 9.38. The highest BCUT2D eigenvalue weighted by Gasteiger charge is 2.24. The highest BCUT2D eigenvalue weighted by atomic mass is 32.1. The summed E-state index contributed by atoms with van der Waals surface area (Å²) in [4.78, 5) is 25.5. The molecule has 0 radical (unpaired) electrons. The molecule has 0 saturated carbocycles. The Kier molecular flexibility index (Phi) is 5.97. The van der Waals surface area contributed by atoms with E-state index in [-0.39, 0.29) is 17.6 Å². The highest BCUT2D eigenvalue weighted by Crippen LogP contribution is 2.24. The van der Waals surface area contributed by atoms with Gasteiger partial charge in [-0.1, -0.05) is 6.07 Å². The molecule has 1 aromatic heterocycles. The Morgan fingerprint density at radius 2 is 2.15 bits per heavy atom. The number of amides is 1. The van der Waals surface area contributed by atoms with Crippen LogP contribution in [-0.2, 0) is 4.74 Å². The van der Waals surface area contributed by atoms with Crippen LogP contribution in [0, 0.1) is 17.0 Å². The van der Waals surface area contributed by atoms with Crippen LogP contribution < -0.4 is 5.32 Å². The fourth-order valence-electron chi connectivity index (χ4n) is 3.16. The number of nitrogens with one attached hydrogen (secondary N) is 1. The van der Waals surface area contributed by atoms with Crippen molar-refractivity contribution < 1.29 is 14.5 Å². The van der Waals surface area contributed by atoms with E-state index in [1.165, 1.54) is 6.07 Å². The number of nitro groups is 1. The number of benzene rings is 1. The molecule has 7 nitrogen and oxygen atoms in total. The number of rotatable bonds is 6. The van der Waals surface area contributed by atoms with E-state index in [0.29, 0.717) is 30.9 Å². The number of morpholine rings is 1. The lowest BCUT2D eigenvalue weighted by Crippen LogP contribution is -2.43. The number of carbonyl (C=O) groups excluding carboxylic acids is 1. The van der Waals surface area contributed by atoms with Crippen LogP contribution in [0.2, 0.25) is 0 Å². The number of carbonyl (C=O) groups is 1. The second-order valence-electron chi connectivity index (χ2n) is 6.14. The molecule has 1 unspecified atom stereocenters. The molecule has 1 aliphatic heterocycles. The minimum Gasteiger partial charge on any atom is -0.379 e. The SMILES string of the molecule is Cc1c(C(=O)NCC(c2ccsc2)N2CCOCC2)cccc1[N+](=O)[O-]. The van der Waals surface area contributed by atoms with Crippen LogP contribution in [0.15, 0.2) is 35.0 Å². The fraction of sp³-hybridized carbons (Fsp3) is 0.389. The standard InChI is InChI=1S/C18H21N3O4S/c1-13-15(3-2-4-16(13)21(23)24)18(22)19-11-17(14-5-10-26-12-14)20-6-8-25-9-7-20/h2-5,10,12,17H,6-9,11H2,1H3,(H,19,22). The zero-order valence-electron chi connectivity index (χ0n) is 14.5. The van der Waals surface area contributed by atoms with Gasteiger partial charge in [0.15, 0.2) is 0 Å². The second-order valence-corrected chi connectivity index (χ2v) is 6.92. The summed E-state index contributed by atoms with van der Waals surface area (Å²) in [5.74, 6) is -0.292. The smallest absolute Gasteiger partial charge is 0.273 e. The average Bonchev–Trinajstić information content (AvgIpc) is 3.17. The zero-order valence-corrected chi connectivity index (χ0v) is 15.3. The molecule has 8 heteroatoms. The van der Waals surface area contributed by atoms with E-state index in [9.17, 15) is 14.9 Å². The van der Waals surface area contributed by atoms with Crippen molar-refractivity contribution in [2.75, 3.05) is 32.8 Å². The third-order valence-electron chi connectivity index (χ3n) is 4.62. The number of nitro benzene ring substituents is 1. The Balaban J connectivity index is 1.74. The first kappa shape index (κ1) is 18.5. The van der Waals surface area contributed by atoms with Crippen molar-refractivity contribution in [2.24, 2.45) is 0 Å². The summed E-state index contributed by atoms with van der Waals surface area (Å²) in [5, 5.41) is 18.1. The zero-order chi connectivity index (χ0) is 18.5. The molecule has 2 aromatic rings. The molecule has 0 spiro atoms. The maximum Gasteiger partial charge on any atom is 0.273 e. The molecule has 1 saturated heterocycles. The quantitative estimate of drug-likeness (QED) is 0.620. The lowest BCUT2D eigenvalue weighted by atomic mass is 10.1. The molecule has 26 heavy (non-hydrogen) atoms. The molecule has 1 N–H and O–H groups in total. The Hall–Kier alpha value is -2.29. The molecule has 1 aromatic carbocycles. The summed E-state index contributed by atoms with van der Waals surface area (Å²) in [7, 11) is 0. The van der Waals surface area contributed by atoms with Crippen molar-refractivity contribution >= 4 is 22.9 Å². The van der Waals surface area contributed by atoms with Gasteiger partial charge in [0.2, 0.25) is 0 Å². The van der Waals surface area contributed by atoms with E-state index in [0.717, 1.165) is 18.7 Å². The first-order chi connectivity index (χ1) is 12.6. The van der Waals surface area contributed by atoms with Gasteiger partial charge in [0.1, 0.15) is 0 Å². The van der Waals surface area contributed by atoms with E-state index in [1.54, 1.807) is 30.4 Å². The third-order valence-corrected chi connectivity index (χ3v) is 5.32. The summed E-state index contributed by atoms with van der Waals surface area (Å²) in [6, 6.07) is 6.70. The van der Waals surface area contributed by atoms with Crippen molar-refractivity contribution in [3.05, 3.63) is 61.8 Å².